The SMILES string of the molecule is COC1CC(NC(=O)c2ccc(C)c(N)c2)C1. The fourth-order valence-corrected chi connectivity index (χ4v) is 1.93. The first-order chi connectivity index (χ1) is 8.10. The number of hydrogen-bond acceptors (Lipinski definition) is 3. The zero-order valence-corrected chi connectivity index (χ0v) is 10.2. The Balaban J connectivity index is 1.94. The third-order valence-corrected chi connectivity index (χ3v) is 3.30. The van der Waals surface area contributed by atoms with Crippen LogP contribution in [0.2, 0.25) is 0 Å². The van der Waals surface area contributed by atoms with Crippen molar-refractivity contribution >= 4 is 11.6 Å². The maximum absolute atomic E-state index is 11.9. The smallest absolute Gasteiger partial charge is 0.251 e. The first-order valence-electron chi connectivity index (χ1n) is 5.80. The summed E-state index contributed by atoms with van der Waals surface area (Å²) in [5, 5.41) is 2.97. The molecule has 1 saturated carbocycles. The van der Waals surface area contributed by atoms with Crippen LogP contribution in [0, 0.1) is 6.92 Å². The molecule has 0 unspecified atom stereocenters. The molecule has 0 aromatic heterocycles. The highest BCUT2D eigenvalue weighted by molar-refractivity contribution is 5.95. The number of benzene rings is 1. The van der Waals surface area contributed by atoms with Crippen molar-refractivity contribution in [3.8, 4) is 0 Å². The third kappa shape index (κ3) is 2.58. The summed E-state index contributed by atoms with van der Waals surface area (Å²) in [6.45, 7) is 1.92. The number of rotatable bonds is 3. The van der Waals surface area contributed by atoms with Crippen molar-refractivity contribution in [1.82, 2.24) is 5.32 Å². The van der Waals surface area contributed by atoms with Crippen LogP contribution in [0.15, 0.2) is 18.2 Å². The zero-order valence-electron chi connectivity index (χ0n) is 10.2. The molecule has 0 saturated heterocycles. The van der Waals surface area contributed by atoms with Crippen LogP contribution in [0.25, 0.3) is 0 Å². The van der Waals surface area contributed by atoms with Crippen LogP contribution in [-0.4, -0.2) is 25.2 Å². The Hall–Kier alpha value is -1.55. The Morgan fingerprint density at radius 3 is 2.76 bits per heavy atom. The lowest BCUT2D eigenvalue weighted by Gasteiger charge is -2.34. The average Bonchev–Trinajstić information content (AvgIpc) is 2.26. The standard InChI is InChI=1S/C13H18N2O2/c1-8-3-4-9(5-12(8)14)13(16)15-10-6-11(7-10)17-2/h3-5,10-11H,6-7,14H2,1-2H3,(H,15,16). The van der Waals surface area contributed by atoms with Gasteiger partial charge in [-0.15, -0.1) is 0 Å². The fourth-order valence-electron chi connectivity index (χ4n) is 1.93. The van der Waals surface area contributed by atoms with Crippen molar-refractivity contribution in [2.45, 2.75) is 31.9 Å². The zero-order chi connectivity index (χ0) is 12.4. The molecule has 1 aliphatic rings. The van der Waals surface area contributed by atoms with Gasteiger partial charge in [0.15, 0.2) is 0 Å². The number of carbonyl (C=O) groups is 1. The van der Waals surface area contributed by atoms with Crippen LogP contribution in [-0.2, 0) is 4.74 Å². The lowest BCUT2D eigenvalue weighted by Crippen LogP contribution is -2.47. The first-order valence-corrected chi connectivity index (χ1v) is 5.80. The van der Waals surface area contributed by atoms with Crippen LogP contribution >= 0.6 is 0 Å². The number of nitrogen functional groups attached to an aromatic ring is 1. The Bertz CT molecular complexity index is 425. The Morgan fingerprint density at radius 1 is 1.47 bits per heavy atom. The van der Waals surface area contributed by atoms with E-state index in [1.807, 2.05) is 13.0 Å². The van der Waals surface area contributed by atoms with Gasteiger partial charge in [-0.25, -0.2) is 0 Å². The molecule has 2 rings (SSSR count). The van der Waals surface area contributed by atoms with E-state index in [0.717, 1.165) is 18.4 Å². The van der Waals surface area contributed by atoms with Crippen LogP contribution in [0.4, 0.5) is 5.69 Å². The molecule has 17 heavy (non-hydrogen) atoms. The third-order valence-electron chi connectivity index (χ3n) is 3.30. The molecule has 1 amide bonds. The molecule has 4 heteroatoms. The van der Waals surface area contributed by atoms with E-state index in [-0.39, 0.29) is 11.9 Å². The Labute approximate surface area is 101 Å². The largest absolute Gasteiger partial charge is 0.398 e. The quantitative estimate of drug-likeness (QED) is 0.779. The number of anilines is 1. The molecule has 0 atom stereocenters. The number of nitrogens with one attached hydrogen (secondary N) is 1. The van der Waals surface area contributed by atoms with Crippen LogP contribution in [0.3, 0.4) is 0 Å². The minimum absolute atomic E-state index is 0.0590. The van der Waals surface area contributed by atoms with Gasteiger partial charge in [0.25, 0.3) is 5.91 Å². The van der Waals surface area contributed by atoms with Gasteiger partial charge in [-0.2, -0.15) is 0 Å². The van der Waals surface area contributed by atoms with E-state index in [4.69, 9.17) is 10.5 Å². The van der Waals surface area contributed by atoms with E-state index in [1.54, 1.807) is 19.2 Å². The maximum atomic E-state index is 11.9. The highest BCUT2D eigenvalue weighted by Gasteiger charge is 2.30. The minimum atomic E-state index is -0.0590. The Kier molecular flexibility index (Phi) is 3.33. The monoisotopic (exact) mass is 234 g/mol. The van der Waals surface area contributed by atoms with Crippen LogP contribution < -0.4 is 11.1 Å². The molecule has 3 N–H and O–H groups in total. The lowest BCUT2D eigenvalue weighted by atomic mass is 9.89. The van der Waals surface area contributed by atoms with Gasteiger partial charge >= 0.3 is 0 Å². The Morgan fingerprint density at radius 2 is 2.18 bits per heavy atom. The molecule has 1 aliphatic carbocycles. The summed E-state index contributed by atoms with van der Waals surface area (Å²) >= 11 is 0. The molecule has 1 aromatic carbocycles. The van der Waals surface area contributed by atoms with E-state index in [1.165, 1.54) is 0 Å². The molecule has 0 bridgehead atoms. The highest BCUT2D eigenvalue weighted by Crippen LogP contribution is 2.23. The number of carbonyl (C=O) groups excluding carboxylic acids is 1. The summed E-state index contributed by atoms with van der Waals surface area (Å²) in [5.74, 6) is -0.0590. The predicted molar refractivity (Wildman–Crippen MR) is 66.9 cm³/mol. The molecule has 1 fully saturated rings. The normalized spacial score (nSPS) is 22.9. The van der Waals surface area contributed by atoms with Gasteiger partial charge in [0.2, 0.25) is 0 Å². The van der Waals surface area contributed by atoms with Gasteiger partial charge < -0.3 is 15.8 Å². The number of amides is 1. The van der Waals surface area contributed by atoms with E-state index in [9.17, 15) is 4.79 Å². The maximum Gasteiger partial charge on any atom is 0.251 e. The summed E-state index contributed by atoms with van der Waals surface area (Å²) in [7, 11) is 1.70. The fraction of sp³-hybridized carbons (Fsp3) is 0.462. The molecular weight excluding hydrogens is 216 g/mol. The van der Waals surface area contributed by atoms with Crippen molar-refractivity contribution in [2.75, 3.05) is 12.8 Å². The van der Waals surface area contributed by atoms with Crippen molar-refractivity contribution in [2.24, 2.45) is 0 Å². The second-order valence-corrected chi connectivity index (χ2v) is 4.57. The average molecular weight is 234 g/mol. The van der Waals surface area contributed by atoms with Gasteiger partial charge in [0.05, 0.1) is 6.10 Å². The summed E-state index contributed by atoms with van der Waals surface area (Å²) in [5.41, 5.74) is 8.04. The molecule has 0 radical (unpaired) electrons. The molecule has 0 spiro atoms. The summed E-state index contributed by atoms with van der Waals surface area (Å²) < 4.78 is 5.17. The van der Waals surface area contributed by atoms with Crippen LogP contribution in [0.5, 0.6) is 0 Å². The highest BCUT2D eigenvalue weighted by atomic mass is 16.5. The van der Waals surface area contributed by atoms with Crippen molar-refractivity contribution < 1.29 is 9.53 Å². The van der Waals surface area contributed by atoms with Gasteiger partial charge in [0, 0.05) is 24.4 Å². The van der Waals surface area contributed by atoms with Crippen molar-refractivity contribution in [1.29, 1.82) is 0 Å². The van der Waals surface area contributed by atoms with Gasteiger partial charge in [-0.3, -0.25) is 4.79 Å². The van der Waals surface area contributed by atoms with Gasteiger partial charge in [0.1, 0.15) is 0 Å². The van der Waals surface area contributed by atoms with Crippen molar-refractivity contribution in [3.05, 3.63) is 29.3 Å². The lowest BCUT2D eigenvalue weighted by molar-refractivity contribution is 0.0176. The second kappa shape index (κ2) is 4.75. The van der Waals surface area contributed by atoms with Gasteiger partial charge in [-0.05, 0) is 37.5 Å². The summed E-state index contributed by atoms with van der Waals surface area (Å²) in [6, 6.07) is 5.61. The minimum Gasteiger partial charge on any atom is -0.398 e. The number of hydrogen-bond donors (Lipinski definition) is 2. The molecule has 1 aromatic rings. The van der Waals surface area contributed by atoms with Crippen molar-refractivity contribution in [3.63, 3.8) is 0 Å². The topological polar surface area (TPSA) is 64.3 Å². The van der Waals surface area contributed by atoms with Crippen LogP contribution in [0.1, 0.15) is 28.8 Å². The number of nitrogens with two attached hydrogens (primary N) is 1. The van der Waals surface area contributed by atoms with E-state index in [0.29, 0.717) is 17.4 Å². The van der Waals surface area contributed by atoms with Gasteiger partial charge in [-0.1, -0.05) is 6.07 Å². The predicted octanol–water partition coefficient (Wildman–Crippen LogP) is 1.48. The number of aryl methyl sites for hydroxylation is 1. The molecule has 4 nitrogen and oxygen atoms in total. The molecule has 0 aliphatic heterocycles. The van der Waals surface area contributed by atoms with E-state index >= 15 is 0 Å². The molecular formula is C13H18N2O2. The summed E-state index contributed by atoms with van der Waals surface area (Å²) in [6.07, 6.45) is 2.08. The molecule has 0 heterocycles. The first kappa shape index (κ1) is 11.9. The number of ether oxygens (including phenoxy) is 1. The number of methoxy groups -OCH3 is 1. The van der Waals surface area contributed by atoms with E-state index in [2.05, 4.69) is 5.32 Å². The molecule has 92 valence electrons. The summed E-state index contributed by atoms with van der Waals surface area (Å²) in [4.78, 5) is 11.9. The second-order valence-electron chi connectivity index (χ2n) is 4.57. The van der Waals surface area contributed by atoms with E-state index < -0.39 is 0 Å².